The fourth-order valence-electron chi connectivity index (χ4n) is 6.02. The molecule has 0 spiro atoms. The fourth-order valence-corrected chi connectivity index (χ4v) is 6.02. The molecule has 3 aliphatic rings. The van der Waals surface area contributed by atoms with Crippen LogP contribution in [0.3, 0.4) is 0 Å². The van der Waals surface area contributed by atoms with E-state index in [0.717, 1.165) is 47.3 Å². The van der Waals surface area contributed by atoms with Crippen LogP contribution in [0.4, 0.5) is 0 Å². The third-order valence-electron chi connectivity index (χ3n) is 6.90. The van der Waals surface area contributed by atoms with E-state index in [9.17, 15) is 0 Å². The van der Waals surface area contributed by atoms with Gasteiger partial charge in [0.05, 0.1) is 0 Å². The Hall–Kier alpha value is 0. The summed E-state index contributed by atoms with van der Waals surface area (Å²) in [5, 5.41) is 0. The lowest BCUT2D eigenvalue weighted by Crippen LogP contribution is -2.33. The molecular weight excluding hydrogens is 192 g/mol. The Bertz CT molecular complexity index is 243. The van der Waals surface area contributed by atoms with Crippen LogP contribution >= 0.6 is 0 Å². The first kappa shape index (κ1) is 11.1. The molecule has 92 valence electrons. The molecule has 0 aromatic heterocycles. The minimum Gasteiger partial charge on any atom is -0.0651 e. The minimum atomic E-state index is 1.02. The summed E-state index contributed by atoms with van der Waals surface area (Å²) in [6, 6.07) is 0. The molecule has 3 fully saturated rings. The molecule has 3 rings (SSSR count). The van der Waals surface area contributed by atoms with Crippen molar-refractivity contribution in [2.45, 2.75) is 53.4 Å². The van der Waals surface area contributed by atoms with Gasteiger partial charge in [-0.05, 0) is 60.2 Å². The van der Waals surface area contributed by atoms with E-state index in [-0.39, 0.29) is 0 Å². The van der Waals surface area contributed by atoms with Gasteiger partial charge in [-0.1, -0.05) is 40.5 Å². The Labute approximate surface area is 101 Å². The second-order valence-electron chi connectivity index (χ2n) is 7.01. The van der Waals surface area contributed by atoms with Gasteiger partial charge in [-0.15, -0.1) is 0 Å². The van der Waals surface area contributed by atoms with Gasteiger partial charge in [-0.3, -0.25) is 0 Å². The molecule has 0 saturated heterocycles. The van der Waals surface area contributed by atoms with Crippen molar-refractivity contribution in [3.05, 3.63) is 0 Å². The summed E-state index contributed by atoms with van der Waals surface area (Å²) in [5.41, 5.74) is 0. The summed E-state index contributed by atoms with van der Waals surface area (Å²) in [6.45, 7) is 9.94. The van der Waals surface area contributed by atoms with Crippen LogP contribution in [-0.2, 0) is 0 Å². The van der Waals surface area contributed by atoms with Crippen LogP contribution in [0.2, 0.25) is 0 Å². The van der Waals surface area contributed by atoms with E-state index in [2.05, 4.69) is 27.7 Å². The van der Waals surface area contributed by atoms with Gasteiger partial charge in [0, 0.05) is 0 Å². The quantitative estimate of drug-likeness (QED) is 0.638. The van der Waals surface area contributed by atoms with Gasteiger partial charge >= 0.3 is 0 Å². The lowest BCUT2D eigenvalue weighted by Gasteiger charge is -2.38. The Balaban J connectivity index is 1.89. The predicted octanol–water partition coefficient (Wildman–Crippen LogP) is 4.60. The Morgan fingerprint density at radius 3 is 1.56 bits per heavy atom. The molecule has 8 unspecified atom stereocenters. The third kappa shape index (κ3) is 1.22. The van der Waals surface area contributed by atoms with Crippen molar-refractivity contribution >= 4 is 0 Å². The molecule has 0 heterocycles. The zero-order valence-electron chi connectivity index (χ0n) is 11.4. The average molecular weight is 220 g/mol. The normalized spacial score (nSPS) is 59.2. The molecule has 0 aromatic rings. The fraction of sp³-hybridized carbons (Fsp3) is 1.00. The highest BCUT2D eigenvalue weighted by Crippen LogP contribution is 2.67. The maximum Gasteiger partial charge on any atom is -0.0321 e. The van der Waals surface area contributed by atoms with Crippen LogP contribution in [0.5, 0.6) is 0 Å². The summed E-state index contributed by atoms with van der Waals surface area (Å²) in [5.74, 6) is 8.68. The molecule has 0 aliphatic heterocycles. The minimum absolute atomic E-state index is 1.02. The van der Waals surface area contributed by atoms with Crippen molar-refractivity contribution in [2.24, 2.45) is 47.3 Å². The van der Waals surface area contributed by atoms with E-state index in [0.29, 0.717) is 0 Å². The Morgan fingerprint density at radius 1 is 0.750 bits per heavy atom. The van der Waals surface area contributed by atoms with Crippen molar-refractivity contribution in [1.82, 2.24) is 0 Å². The molecule has 0 nitrogen and oxygen atoms in total. The molecule has 0 amide bonds. The van der Waals surface area contributed by atoms with E-state index >= 15 is 0 Å². The molecule has 0 aromatic carbocycles. The van der Waals surface area contributed by atoms with Crippen molar-refractivity contribution < 1.29 is 0 Å². The van der Waals surface area contributed by atoms with Gasteiger partial charge in [0.15, 0.2) is 0 Å². The topological polar surface area (TPSA) is 0 Å². The smallest absolute Gasteiger partial charge is 0.0321 e. The second-order valence-corrected chi connectivity index (χ2v) is 7.01. The van der Waals surface area contributed by atoms with Crippen molar-refractivity contribution in [1.29, 1.82) is 0 Å². The van der Waals surface area contributed by atoms with Crippen molar-refractivity contribution in [2.75, 3.05) is 0 Å². The lowest BCUT2D eigenvalue weighted by atomic mass is 9.67. The van der Waals surface area contributed by atoms with Gasteiger partial charge in [0.2, 0.25) is 0 Å². The molecule has 0 radical (unpaired) electrons. The molecule has 3 saturated carbocycles. The van der Waals surface area contributed by atoms with Crippen molar-refractivity contribution in [3.63, 3.8) is 0 Å². The van der Waals surface area contributed by atoms with Gasteiger partial charge < -0.3 is 0 Å². The van der Waals surface area contributed by atoms with Gasteiger partial charge in [-0.25, -0.2) is 0 Å². The van der Waals surface area contributed by atoms with E-state index < -0.39 is 0 Å². The van der Waals surface area contributed by atoms with Crippen LogP contribution in [0.1, 0.15) is 53.4 Å². The SMILES string of the molecule is CCC1CC(CC)C2C3CC(C(C)C3C)C12. The Morgan fingerprint density at radius 2 is 1.19 bits per heavy atom. The van der Waals surface area contributed by atoms with Crippen LogP contribution in [0.25, 0.3) is 0 Å². The zero-order chi connectivity index (χ0) is 11.4. The highest BCUT2D eigenvalue weighted by molar-refractivity contribution is 5.09. The maximum atomic E-state index is 2.54. The van der Waals surface area contributed by atoms with Crippen LogP contribution in [0.15, 0.2) is 0 Å². The first-order valence-corrected chi connectivity index (χ1v) is 7.69. The molecule has 16 heavy (non-hydrogen) atoms. The summed E-state index contributed by atoms with van der Waals surface area (Å²) in [7, 11) is 0. The van der Waals surface area contributed by atoms with Crippen LogP contribution < -0.4 is 0 Å². The maximum absolute atomic E-state index is 2.54. The number of rotatable bonds is 2. The first-order chi connectivity index (χ1) is 7.69. The lowest BCUT2D eigenvalue weighted by molar-refractivity contribution is 0.0950. The molecular formula is C16H28. The second kappa shape index (κ2) is 3.75. The molecule has 0 heteroatoms. The number of hydrogen-bond donors (Lipinski definition) is 0. The average Bonchev–Trinajstić information content (AvgIpc) is 2.90. The zero-order valence-corrected chi connectivity index (χ0v) is 11.4. The molecule has 8 atom stereocenters. The highest BCUT2D eigenvalue weighted by Gasteiger charge is 2.60. The third-order valence-corrected chi connectivity index (χ3v) is 6.90. The summed E-state index contributed by atoms with van der Waals surface area (Å²) < 4.78 is 0. The highest BCUT2D eigenvalue weighted by atomic mass is 14.7. The van der Waals surface area contributed by atoms with Gasteiger partial charge in [-0.2, -0.15) is 0 Å². The van der Waals surface area contributed by atoms with E-state index in [1.165, 1.54) is 12.8 Å². The van der Waals surface area contributed by atoms with Gasteiger partial charge in [0.1, 0.15) is 0 Å². The first-order valence-electron chi connectivity index (χ1n) is 7.69. The van der Waals surface area contributed by atoms with E-state index in [4.69, 9.17) is 0 Å². The monoisotopic (exact) mass is 220 g/mol. The van der Waals surface area contributed by atoms with Crippen LogP contribution in [-0.4, -0.2) is 0 Å². The van der Waals surface area contributed by atoms with Gasteiger partial charge in [0.25, 0.3) is 0 Å². The summed E-state index contributed by atoms with van der Waals surface area (Å²) in [6.07, 6.45) is 6.05. The summed E-state index contributed by atoms with van der Waals surface area (Å²) in [4.78, 5) is 0. The summed E-state index contributed by atoms with van der Waals surface area (Å²) >= 11 is 0. The molecule has 3 aliphatic carbocycles. The molecule has 2 bridgehead atoms. The Kier molecular flexibility index (Phi) is 2.60. The van der Waals surface area contributed by atoms with Crippen LogP contribution in [0, 0.1) is 47.3 Å². The largest absolute Gasteiger partial charge is 0.0651 e. The number of hydrogen-bond acceptors (Lipinski definition) is 0. The molecule has 0 N–H and O–H groups in total. The number of fused-ring (bicyclic) bond motifs is 5. The predicted molar refractivity (Wildman–Crippen MR) is 69.1 cm³/mol. The van der Waals surface area contributed by atoms with Crippen molar-refractivity contribution in [3.8, 4) is 0 Å². The van der Waals surface area contributed by atoms with E-state index in [1.807, 2.05) is 0 Å². The standard InChI is InChI=1S/C16H28/c1-5-11-7-12(6-2)16-14-8-13(15(11)16)9(3)10(14)4/h9-16H,5-8H2,1-4H3. The van der Waals surface area contributed by atoms with E-state index in [1.54, 1.807) is 12.8 Å².